The standard InChI is InChI=1S/C30H47O3P/c1-4-7-10-19-26-32-34(31,30(25-14-9-6-3)28-22-17-12-18-23-28)33-29(24-13-8-5-2)27-20-15-11-16-21-27/h11-12,15-18,20-23,29-30H,4-10,13-14,19,24-26H2,1-3H3. The molecule has 0 fully saturated rings. The molecule has 0 amide bonds. The van der Waals surface area contributed by atoms with Gasteiger partial charge in [0.1, 0.15) is 0 Å². The fourth-order valence-corrected chi connectivity index (χ4v) is 6.78. The van der Waals surface area contributed by atoms with Crippen LogP contribution in [0.5, 0.6) is 0 Å². The lowest BCUT2D eigenvalue weighted by molar-refractivity contribution is 0.130. The smallest absolute Gasteiger partial charge is 0.308 e. The molecule has 0 aromatic heterocycles. The van der Waals surface area contributed by atoms with Gasteiger partial charge in [-0.3, -0.25) is 9.09 Å². The summed E-state index contributed by atoms with van der Waals surface area (Å²) in [6.45, 7) is 7.11. The summed E-state index contributed by atoms with van der Waals surface area (Å²) in [5.74, 6) is 0. The second kappa shape index (κ2) is 17.1. The molecule has 2 aromatic rings. The summed E-state index contributed by atoms with van der Waals surface area (Å²) < 4.78 is 27.7. The average molecular weight is 487 g/mol. The fraction of sp³-hybridized carbons (Fsp3) is 0.600. The van der Waals surface area contributed by atoms with Crippen molar-refractivity contribution >= 4 is 7.60 Å². The first-order chi connectivity index (χ1) is 16.6. The zero-order chi connectivity index (χ0) is 24.5. The molecule has 0 saturated carbocycles. The zero-order valence-electron chi connectivity index (χ0n) is 21.8. The van der Waals surface area contributed by atoms with Crippen molar-refractivity contribution in [2.75, 3.05) is 6.61 Å². The van der Waals surface area contributed by atoms with E-state index in [-0.39, 0.29) is 11.8 Å². The van der Waals surface area contributed by atoms with E-state index in [1.165, 1.54) is 12.8 Å². The van der Waals surface area contributed by atoms with Crippen molar-refractivity contribution in [3.8, 4) is 0 Å². The number of hydrogen-bond donors (Lipinski definition) is 0. The van der Waals surface area contributed by atoms with E-state index in [1.54, 1.807) is 0 Å². The molecule has 0 aliphatic heterocycles. The highest BCUT2D eigenvalue weighted by molar-refractivity contribution is 7.54. The van der Waals surface area contributed by atoms with E-state index in [0.717, 1.165) is 75.3 Å². The molecule has 0 radical (unpaired) electrons. The summed E-state index contributed by atoms with van der Waals surface area (Å²) >= 11 is 0. The van der Waals surface area contributed by atoms with Crippen LogP contribution in [0.4, 0.5) is 0 Å². The Morgan fingerprint density at radius 1 is 0.647 bits per heavy atom. The van der Waals surface area contributed by atoms with Crippen LogP contribution in [0.25, 0.3) is 0 Å². The van der Waals surface area contributed by atoms with Crippen molar-refractivity contribution in [1.29, 1.82) is 0 Å². The van der Waals surface area contributed by atoms with Crippen molar-refractivity contribution in [2.24, 2.45) is 0 Å². The van der Waals surface area contributed by atoms with Gasteiger partial charge in [0.25, 0.3) is 0 Å². The third-order valence-electron chi connectivity index (χ3n) is 6.43. The van der Waals surface area contributed by atoms with Crippen LogP contribution in [0.1, 0.15) is 121 Å². The second-order valence-corrected chi connectivity index (χ2v) is 11.5. The van der Waals surface area contributed by atoms with Crippen LogP contribution < -0.4 is 0 Å². The molecular formula is C30H47O3P. The van der Waals surface area contributed by atoms with E-state index in [9.17, 15) is 4.57 Å². The van der Waals surface area contributed by atoms with E-state index in [0.29, 0.717) is 6.61 Å². The molecule has 0 aliphatic rings. The molecule has 0 saturated heterocycles. The molecule has 3 unspecified atom stereocenters. The second-order valence-electron chi connectivity index (χ2n) is 9.36. The molecule has 0 bridgehead atoms. The third kappa shape index (κ3) is 10.1. The minimum absolute atomic E-state index is 0.216. The summed E-state index contributed by atoms with van der Waals surface area (Å²) in [6.07, 6.45) is 12.5. The van der Waals surface area contributed by atoms with E-state index < -0.39 is 7.60 Å². The summed E-state index contributed by atoms with van der Waals surface area (Å²) in [5.41, 5.74) is 1.92. The van der Waals surface area contributed by atoms with E-state index in [2.05, 4.69) is 45.0 Å². The molecule has 3 nitrogen and oxygen atoms in total. The van der Waals surface area contributed by atoms with Crippen LogP contribution >= 0.6 is 7.60 Å². The van der Waals surface area contributed by atoms with Crippen LogP contribution in [-0.4, -0.2) is 6.61 Å². The Morgan fingerprint density at radius 2 is 1.18 bits per heavy atom. The summed E-state index contributed by atoms with van der Waals surface area (Å²) in [5, 5.41) is 0. The van der Waals surface area contributed by atoms with Crippen LogP contribution in [0.2, 0.25) is 0 Å². The molecule has 2 rings (SSSR count). The fourth-order valence-electron chi connectivity index (χ4n) is 4.39. The highest BCUT2D eigenvalue weighted by atomic mass is 31.2. The zero-order valence-corrected chi connectivity index (χ0v) is 22.7. The minimum Gasteiger partial charge on any atom is -0.308 e. The predicted molar refractivity (Wildman–Crippen MR) is 145 cm³/mol. The molecule has 3 atom stereocenters. The average Bonchev–Trinajstić information content (AvgIpc) is 2.87. The topological polar surface area (TPSA) is 35.5 Å². The number of rotatable bonds is 19. The Kier molecular flexibility index (Phi) is 14.5. The van der Waals surface area contributed by atoms with Gasteiger partial charge in [-0.25, -0.2) is 0 Å². The number of unbranched alkanes of at least 4 members (excludes halogenated alkanes) is 7. The van der Waals surface area contributed by atoms with Crippen molar-refractivity contribution in [3.63, 3.8) is 0 Å². The lowest BCUT2D eigenvalue weighted by Gasteiger charge is -2.31. The van der Waals surface area contributed by atoms with Gasteiger partial charge in [-0.15, -0.1) is 0 Å². The third-order valence-corrected chi connectivity index (χ3v) is 8.84. The van der Waals surface area contributed by atoms with Crippen LogP contribution in [0.15, 0.2) is 60.7 Å². The first kappa shape index (κ1) is 28.8. The highest BCUT2D eigenvalue weighted by Crippen LogP contribution is 2.65. The first-order valence-corrected chi connectivity index (χ1v) is 15.3. The van der Waals surface area contributed by atoms with E-state index in [1.807, 2.05) is 36.4 Å². The van der Waals surface area contributed by atoms with Crippen molar-refractivity contribution in [1.82, 2.24) is 0 Å². The lowest BCUT2D eigenvalue weighted by Crippen LogP contribution is -2.12. The Labute approximate surface area is 209 Å². The Hall–Kier alpha value is -1.41. The molecule has 4 heteroatoms. The highest BCUT2D eigenvalue weighted by Gasteiger charge is 2.39. The van der Waals surface area contributed by atoms with Gasteiger partial charge in [-0.05, 0) is 30.4 Å². The summed E-state index contributed by atoms with van der Waals surface area (Å²) in [4.78, 5) is 0. The SMILES string of the molecule is CCCCCCOP(=O)(OC(CCCCC)c1ccccc1)C(CCCCC)c1ccccc1. The normalized spacial score (nSPS) is 15.0. The Morgan fingerprint density at radius 3 is 1.76 bits per heavy atom. The monoisotopic (exact) mass is 486 g/mol. The van der Waals surface area contributed by atoms with E-state index >= 15 is 0 Å². The molecular weight excluding hydrogens is 439 g/mol. The maximum atomic E-state index is 14.7. The maximum absolute atomic E-state index is 14.7. The maximum Gasteiger partial charge on any atom is 0.338 e. The van der Waals surface area contributed by atoms with Gasteiger partial charge in [0.05, 0.1) is 18.4 Å². The van der Waals surface area contributed by atoms with Gasteiger partial charge in [-0.1, -0.05) is 139 Å². The molecule has 0 heterocycles. The van der Waals surface area contributed by atoms with Gasteiger partial charge < -0.3 is 4.52 Å². The molecule has 190 valence electrons. The van der Waals surface area contributed by atoms with Gasteiger partial charge >= 0.3 is 7.60 Å². The lowest BCUT2D eigenvalue weighted by atomic mass is 10.0. The van der Waals surface area contributed by atoms with Crippen molar-refractivity contribution < 1.29 is 13.6 Å². The first-order valence-electron chi connectivity index (χ1n) is 13.7. The summed E-state index contributed by atoms with van der Waals surface area (Å²) in [7, 11) is -3.41. The van der Waals surface area contributed by atoms with Crippen LogP contribution in [0, 0.1) is 0 Å². The van der Waals surface area contributed by atoms with E-state index in [4.69, 9.17) is 9.05 Å². The predicted octanol–water partition coefficient (Wildman–Crippen LogP) is 10.4. The van der Waals surface area contributed by atoms with Gasteiger partial charge in [-0.2, -0.15) is 0 Å². The summed E-state index contributed by atoms with van der Waals surface area (Å²) in [6, 6.07) is 20.5. The molecule has 0 spiro atoms. The largest absolute Gasteiger partial charge is 0.338 e. The number of hydrogen-bond acceptors (Lipinski definition) is 3. The minimum atomic E-state index is -3.41. The van der Waals surface area contributed by atoms with Crippen LogP contribution in [-0.2, 0) is 13.6 Å². The van der Waals surface area contributed by atoms with Crippen molar-refractivity contribution in [3.05, 3.63) is 71.8 Å². The van der Waals surface area contributed by atoms with Gasteiger partial charge in [0, 0.05) is 0 Å². The molecule has 0 aliphatic carbocycles. The number of benzene rings is 2. The van der Waals surface area contributed by atoms with Crippen molar-refractivity contribution in [2.45, 2.75) is 110 Å². The van der Waals surface area contributed by atoms with Gasteiger partial charge in [0.2, 0.25) is 0 Å². The van der Waals surface area contributed by atoms with Crippen LogP contribution in [0.3, 0.4) is 0 Å². The molecule has 0 N–H and O–H groups in total. The Balaban J connectivity index is 2.34. The molecule has 2 aromatic carbocycles. The Bertz CT molecular complexity index is 793. The molecule has 34 heavy (non-hydrogen) atoms. The quantitative estimate of drug-likeness (QED) is 0.146. The van der Waals surface area contributed by atoms with Gasteiger partial charge in [0.15, 0.2) is 0 Å².